The van der Waals surface area contributed by atoms with Crippen molar-refractivity contribution in [3.8, 4) is 5.75 Å². The van der Waals surface area contributed by atoms with Gasteiger partial charge in [-0.3, -0.25) is 19.7 Å². The molecule has 8 nitrogen and oxygen atoms in total. The predicted molar refractivity (Wildman–Crippen MR) is 94.7 cm³/mol. The summed E-state index contributed by atoms with van der Waals surface area (Å²) >= 11 is 0. The first-order valence-corrected chi connectivity index (χ1v) is 7.98. The summed E-state index contributed by atoms with van der Waals surface area (Å²) in [7, 11) is 0. The Morgan fingerprint density at radius 1 is 1.22 bits per heavy atom. The summed E-state index contributed by atoms with van der Waals surface area (Å²) in [5.74, 6) is -1.13. The van der Waals surface area contributed by atoms with Crippen LogP contribution in [0.15, 0.2) is 47.1 Å². The Balaban J connectivity index is 1.64. The van der Waals surface area contributed by atoms with E-state index in [2.05, 4.69) is 0 Å². The van der Waals surface area contributed by atoms with E-state index in [4.69, 9.17) is 9.15 Å². The molecule has 0 unspecified atom stereocenters. The number of carbonyl (C=O) groups excluding carboxylic acids is 2. The number of nitro groups is 1. The molecule has 0 saturated heterocycles. The molecule has 2 aromatic carbocycles. The maximum atomic E-state index is 12.1. The molecule has 1 heterocycles. The molecule has 0 saturated carbocycles. The Morgan fingerprint density at radius 2 is 2.00 bits per heavy atom. The fraction of sp³-hybridized carbons (Fsp3) is 0.158. The molecule has 0 spiro atoms. The molecule has 0 amide bonds. The summed E-state index contributed by atoms with van der Waals surface area (Å²) in [4.78, 5) is 34.5. The minimum atomic E-state index is -0.638. The van der Waals surface area contributed by atoms with Gasteiger partial charge in [0, 0.05) is 34.2 Å². The first kappa shape index (κ1) is 18.1. The van der Waals surface area contributed by atoms with Gasteiger partial charge in [0.05, 0.1) is 17.6 Å². The number of ether oxygens (including phenoxy) is 1. The van der Waals surface area contributed by atoms with Gasteiger partial charge in [-0.2, -0.15) is 0 Å². The number of carbonyl (C=O) groups is 2. The second-order valence-electron chi connectivity index (χ2n) is 5.96. The highest BCUT2D eigenvalue weighted by molar-refractivity contribution is 5.98. The lowest BCUT2D eigenvalue weighted by Crippen LogP contribution is -2.15. The number of aromatic hydroxyl groups is 1. The van der Waals surface area contributed by atoms with Crippen LogP contribution in [0.4, 0.5) is 5.69 Å². The van der Waals surface area contributed by atoms with Gasteiger partial charge in [-0.15, -0.1) is 0 Å². The summed E-state index contributed by atoms with van der Waals surface area (Å²) in [5.41, 5.74) is 1.37. The first-order valence-electron chi connectivity index (χ1n) is 7.98. The number of Topliss-reactive ketones (excluding diaryl/α,β-unsaturated/α-hetero) is 1. The predicted octanol–water partition coefficient (Wildman–Crippen LogP) is 3.32. The van der Waals surface area contributed by atoms with Crippen molar-refractivity contribution in [2.75, 3.05) is 6.61 Å². The van der Waals surface area contributed by atoms with Crippen molar-refractivity contribution >= 4 is 28.4 Å². The van der Waals surface area contributed by atoms with E-state index in [1.54, 1.807) is 13.0 Å². The van der Waals surface area contributed by atoms with E-state index in [9.17, 15) is 24.8 Å². The van der Waals surface area contributed by atoms with Crippen LogP contribution in [0.25, 0.3) is 11.0 Å². The monoisotopic (exact) mass is 369 g/mol. The highest BCUT2D eigenvalue weighted by Gasteiger charge is 2.17. The molecular weight excluding hydrogens is 354 g/mol. The van der Waals surface area contributed by atoms with E-state index < -0.39 is 23.3 Å². The van der Waals surface area contributed by atoms with E-state index >= 15 is 0 Å². The van der Waals surface area contributed by atoms with Crippen LogP contribution in [0, 0.1) is 17.0 Å². The zero-order valence-corrected chi connectivity index (χ0v) is 14.3. The molecule has 138 valence electrons. The number of furan rings is 1. The Hall–Kier alpha value is -3.68. The zero-order chi connectivity index (χ0) is 19.6. The van der Waals surface area contributed by atoms with Crippen molar-refractivity contribution in [2.24, 2.45) is 0 Å². The number of esters is 1. The number of hydrogen-bond donors (Lipinski definition) is 1. The van der Waals surface area contributed by atoms with Crippen LogP contribution in [-0.2, 0) is 16.0 Å². The van der Waals surface area contributed by atoms with Crippen LogP contribution < -0.4 is 0 Å². The van der Waals surface area contributed by atoms with Crippen molar-refractivity contribution in [3.05, 3.63) is 69.5 Å². The molecule has 3 rings (SSSR count). The molecule has 0 fully saturated rings. The number of phenolic OH excluding ortho intramolecular Hbond substituents is 1. The highest BCUT2D eigenvalue weighted by Crippen LogP contribution is 2.25. The van der Waals surface area contributed by atoms with Gasteiger partial charge in [0.25, 0.3) is 5.69 Å². The van der Waals surface area contributed by atoms with Gasteiger partial charge in [0.15, 0.2) is 6.61 Å². The van der Waals surface area contributed by atoms with Gasteiger partial charge in [-0.05, 0) is 19.1 Å². The van der Waals surface area contributed by atoms with Crippen molar-refractivity contribution in [1.29, 1.82) is 0 Å². The maximum absolute atomic E-state index is 12.1. The van der Waals surface area contributed by atoms with E-state index in [0.29, 0.717) is 22.1 Å². The number of nitro benzene ring substituents is 1. The van der Waals surface area contributed by atoms with Crippen LogP contribution in [0.5, 0.6) is 5.75 Å². The average molecular weight is 369 g/mol. The van der Waals surface area contributed by atoms with Gasteiger partial charge < -0.3 is 14.3 Å². The van der Waals surface area contributed by atoms with E-state index in [1.807, 2.05) is 0 Å². The fourth-order valence-electron chi connectivity index (χ4n) is 2.62. The Bertz CT molecular complexity index is 1050. The lowest BCUT2D eigenvalue weighted by atomic mass is 10.1. The number of ketones is 1. The van der Waals surface area contributed by atoms with Crippen LogP contribution in [0.1, 0.15) is 21.5 Å². The molecule has 0 aliphatic heterocycles. The quantitative estimate of drug-likeness (QED) is 0.306. The normalized spacial score (nSPS) is 10.7. The Kier molecular flexibility index (Phi) is 4.89. The highest BCUT2D eigenvalue weighted by atomic mass is 16.6. The molecule has 3 aromatic rings. The van der Waals surface area contributed by atoms with Crippen LogP contribution in [0.3, 0.4) is 0 Å². The van der Waals surface area contributed by atoms with Crippen LogP contribution in [-0.4, -0.2) is 28.4 Å². The lowest BCUT2D eigenvalue weighted by Gasteiger charge is -2.05. The third-order valence-corrected chi connectivity index (χ3v) is 4.07. The molecular formula is C19H15NO7. The van der Waals surface area contributed by atoms with Crippen molar-refractivity contribution in [2.45, 2.75) is 13.3 Å². The molecule has 8 heteroatoms. The number of benzene rings is 2. The van der Waals surface area contributed by atoms with Gasteiger partial charge in [0.1, 0.15) is 11.3 Å². The second-order valence-corrected chi connectivity index (χ2v) is 5.96. The van der Waals surface area contributed by atoms with Gasteiger partial charge >= 0.3 is 5.97 Å². The number of aryl methyl sites for hydroxylation is 1. The molecule has 0 bridgehead atoms. The smallest absolute Gasteiger partial charge is 0.310 e. The lowest BCUT2D eigenvalue weighted by molar-refractivity contribution is -0.385. The van der Waals surface area contributed by atoms with Gasteiger partial charge in [-0.25, -0.2) is 0 Å². The number of fused-ring (bicyclic) bond motifs is 1. The molecule has 0 radical (unpaired) electrons. The molecule has 0 atom stereocenters. The summed E-state index contributed by atoms with van der Waals surface area (Å²) in [6, 6.07) is 8.61. The summed E-state index contributed by atoms with van der Waals surface area (Å²) in [6.45, 7) is 1.05. The average Bonchev–Trinajstić information content (AvgIpc) is 3.01. The summed E-state index contributed by atoms with van der Waals surface area (Å²) < 4.78 is 10.3. The second kappa shape index (κ2) is 7.28. The van der Waals surface area contributed by atoms with Crippen LogP contribution in [0.2, 0.25) is 0 Å². The first-order chi connectivity index (χ1) is 12.8. The van der Waals surface area contributed by atoms with Crippen molar-refractivity contribution in [1.82, 2.24) is 0 Å². The molecule has 0 aliphatic rings. The Labute approximate surface area is 153 Å². The minimum Gasteiger partial charge on any atom is -0.508 e. The number of nitrogens with zero attached hydrogens (tertiary/aromatic N) is 1. The molecule has 0 aliphatic carbocycles. The maximum Gasteiger partial charge on any atom is 0.310 e. The number of hydrogen-bond acceptors (Lipinski definition) is 7. The molecule has 1 aromatic heterocycles. The third kappa shape index (κ3) is 3.95. The summed E-state index contributed by atoms with van der Waals surface area (Å²) in [6.07, 6.45) is 1.27. The summed E-state index contributed by atoms with van der Waals surface area (Å²) in [5, 5.41) is 21.0. The topological polar surface area (TPSA) is 120 Å². The van der Waals surface area contributed by atoms with Crippen molar-refractivity contribution < 1.29 is 28.8 Å². The molecule has 27 heavy (non-hydrogen) atoms. The van der Waals surface area contributed by atoms with Crippen molar-refractivity contribution in [3.63, 3.8) is 0 Å². The fourth-order valence-corrected chi connectivity index (χ4v) is 2.62. The number of rotatable bonds is 6. The third-order valence-electron chi connectivity index (χ3n) is 4.07. The largest absolute Gasteiger partial charge is 0.508 e. The van der Waals surface area contributed by atoms with Gasteiger partial charge in [-0.1, -0.05) is 12.1 Å². The zero-order valence-electron chi connectivity index (χ0n) is 14.3. The van der Waals surface area contributed by atoms with Gasteiger partial charge in [0.2, 0.25) is 5.78 Å². The molecule has 1 N–H and O–H groups in total. The number of phenols is 1. The van der Waals surface area contributed by atoms with E-state index in [0.717, 1.165) is 0 Å². The van der Waals surface area contributed by atoms with E-state index in [1.165, 1.54) is 36.6 Å². The van der Waals surface area contributed by atoms with Crippen LogP contribution >= 0.6 is 0 Å². The standard InChI is InChI=1S/C19H15NO7/c1-11-2-3-12(6-16(11)20(24)25)17(22)10-27-19(23)7-13-9-26-18-8-14(21)4-5-15(13)18/h2-6,8-9,21H,7,10H2,1H3. The van der Waals surface area contributed by atoms with E-state index in [-0.39, 0.29) is 23.4 Å². The Morgan fingerprint density at radius 3 is 2.74 bits per heavy atom. The minimum absolute atomic E-state index is 0.0452. The SMILES string of the molecule is Cc1ccc(C(=O)COC(=O)Cc2coc3cc(O)ccc23)cc1[N+](=O)[O-].